The van der Waals surface area contributed by atoms with E-state index < -0.39 is 0 Å². The first-order valence-electron chi connectivity index (χ1n) is 7.53. The summed E-state index contributed by atoms with van der Waals surface area (Å²) < 4.78 is 6.95. The molecule has 0 saturated carbocycles. The number of aryl methyl sites for hydroxylation is 1. The number of aromatic nitrogens is 3. The summed E-state index contributed by atoms with van der Waals surface area (Å²) in [5.41, 5.74) is 3.16. The zero-order chi connectivity index (χ0) is 16.9. The number of nitrogens with one attached hydrogen (secondary N) is 1. The van der Waals surface area contributed by atoms with Crippen LogP contribution in [0.25, 0.3) is 11.3 Å². The average Bonchev–Trinajstić information content (AvgIpc) is 3.06. The van der Waals surface area contributed by atoms with Gasteiger partial charge in [-0.1, -0.05) is 18.2 Å². The average molecular weight is 322 g/mol. The topological polar surface area (TPSA) is 69.0 Å². The molecule has 1 aromatic carbocycles. The molecule has 3 aromatic rings. The van der Waals surface area contributed by atoms with Crippen molar-refractivity contribution in [2.24, 2.45) is 7.05 Å². The predicted octanol–water partition coefficient (Wildman–Crippen LogP) is 2.42. The second-order valence-electron chi connectivity index (χ2n) is 5.30. The van der Waals surface area contributed by atoms with Crippen LogP contribution in [0.3, 0.4) is 0 Å². The number of carbonyl (C=O) groups is 1. The van der Waals surface area contributed by atoms with Gasteiger partial charge in [0.25, 0.3) is 5.91 Å². The fourth-order valence-corrected chi connectivity index (χ4v) is 2.49. The van der Waals surface area contributed by atoms with E-state index >= 15 is 0 Å². The number of hydrogen-bond donors (Lipinski definition) is 1. The van der Waals surface area contributed by atoms with Gasteiger partial charge >= 0.3 is 0 Å². The van der Waals surface area contributed by atoms with E-state index in [-0.39, 0.29) is 5.91 Å². The van der Waals surface area contributed by atoms with Gasteiger partial charge in [0.1, 0.15) is 5.75 Å². The highest BCUT2D eigenvalue weighted by Crippen LogP contribution is 2.21. The Balaban J connectivity index is 1.79. The van der Waals surface area contributed by atoms with Gasteiger partial charge in [-0.25, -0.2) is 0 Å². The number of para-hydroxylation sites is 1. The number of methoxy groups -OCH3 is 1. The van der Waals surface area contributed by atoms with Crippen molar-refractivity contribution in [3.05, 3.63) is 66.1 Å². The largest absolute Gasteiger partial charge is 0.496 e. The van der Waals surface area contributed by atoms with Crippen LogP contribution in [0.4, 0.5) is 0 Å². The second-order valence-corrected chi connectivity index (χ2v) is 5.30. The van der Waals surface area contributed by atoms with Crippen molar-refractivity contribution < 1.29 is 9.53 Å². The number of ether oxygens (including phenoxy) is 1. The molecule has 0 unspecified atom stereocenters. The molecular weight excluding hydrogens is 304 g/mol. The van der Waals surface area contributed by atoms with Gasteiger partial charge in [-0.2, -0.15) is 5.10 Å². The first kappa shape index (κ1) is 15.7. The maximum absolute atomic E-state index is 12.4. The number of carbonyl (C=O) groups excluding carboxylic acids is 1. The molecule has 6 nitrogen and oxygen atoms in total. The second kappa shape index (κ2) is 6.95. The lowest BCUT2D eigenvalue weighted by atomic mass is 10.1. The maximum atomic E-state index is 12.4. The Morgan fingerprint density at radius 3 is 2.83 bits per heavy atom. The van der Waals surface area contributed by atoms with Crippen LogP contribution < -0.4 is 10.1 Å². The van der Waals surface area contributed by atoms with Crippen LogP contribution in [0.2, 0.25) is 0 Å². The number of hydrogen-bond acceptors (Lipinski definition) is 4. The quantitative estimate of drug-likeness (QED) is 0.783. The molecule has 24 heavy (non-hydrogen) atoms. The molecule has 3 rings (SSSR count). The van der Waals surface area contributed by atoms with Crippen LogP contribution in [0.5, 0.6) is 5.75 Å². The number of rotatable bonds is 5. The fraction of sp³-hybridized carbons (Fsp3) is 0.167. The van der Waals surface area contributed by atoms with Crippen molar-refractivity contribution in [3.8, 4) is 17.0 Å². The standard InChI is InChI=1S/C18H18N4O2/c1-22-12-14(11-21-22)17-13(6-5-9-19-17)10-20-18(23)15-7-3-4-8-16(15)24-2/h3-9,11-12H,10H2,1-2H3,(H,20,23). The highest BCUT2D eigenvalue weighted by molar-refractivity contribution is 5.96. The lowest BCUT2D eigenvalue weighted by molar-refractivity contribution is 0.0948. The normalized spacial score (nSPS) is 10.4. The zero-order valence-corrected chi connectivity index (χ0v) is 13.6. The summed E-state index contributed by atoms with van der Waals surface area (Å²) in [7, 11) is 3.41. The van der Waals surface area contributed by atoms with Gasteiger partial charge in [-0.3, -0.25) is 14.5 Å². The van der Waals surface area contributed by atoms with Crippen LogP contribution in [0, 0.1) is 0 Å². The Hall–Kier alpha value is -3.15. The summed E-state index contributed by atoms with van der Waals surface area (Å²) >= 11 is 0. The van der Waals surface area contributed by atoms with E-state index in [9.17, 15) is 4.79 Å². The zero-order valence-electron chi connectivity index (χ0n) is 13.6. The molecule has 2 heterocycles. The monoisotopic (exact) mass is 322 g/mol. The van der Waals surface area contributed by atoms with E-state index in [1.165, 1.54) is 0 Å². The summed E-state index contributed by atoms with van der Waals surface area (Å²) in [4.78, 5) is 16.8. The van der Waals surface area contributed by atoms with Crippen LogP contribution in [-0.4, -0.2) is 27.8 Å². The minimum absolute atomic E-state index is 0.187. The Labute approximate surface area is 140 Å². The number of nitrogens with zero attached hydrogens (tertiary/aromatic N) is 3. The lowest BCUT2D eigenvalue weighted by Crippen LogP contribution is -2.23. The van der Waals surface area contributed by atoms with Gasteiger partial charge in [0.2, 0.25) is 0 Å². The Morgan fingerprint density at radius 2 is 2.08 bits per heavy atom. The highest BCUT2D eigenvalue weighted by atomic mass is 16.5. The van der Waals surface area contributed by atoms with Gasteiger partial charge in [0.15, 0.2) is 0 Å². The summed E-state index contributed by atoms with van der Waals surface area (Å²) in [6, 6.07) is 10.9. The van der Waals surface area contributed by atoms with Crippen molar-refractivity contribution in [1.29, 1.82) is 0 Å². The number of pyridine rings is 1. The van der Waals surface area contributed by atoms with Gasteiger partial charge in [0.05, 0.1) is 24.6 Å². The van der Waals surface area contributed by atoms with Crippen LogP contribution >= 0.6 is 0 Å². The van der Waals surface area contributed by atoms with Gasteiger partial charge in [-0.15, -0.1) is 0 Å². The SMILES string of the molecule is COc1ccccc1C(=O)NCc1cccnc1-c1cnn(C)c1. The van der Waals surface area contributed by atoms with E-state index in [2.05, 4.69) is 15.4 Å². The summed E-state index contributed by atoms with van der Waals surface area (Å²) in [6.45, 7) is 0.370. The third-order valence-corrected chi connectivity index (χ3v) is 3.66. The number of benzene rings is 1. The summed E-state index contributed by atoms with van der Waals surface area (Å²) in [5.74, 6) is 0.363. The molecule has 1 N–H and O–H groups in total. The van der Waals surface area contributed by atoms with Crippen LogP contribution in [0.1, 0.15) is 15.9 Å². The molecule has 1 amide bonds. The molecule has 0 saturated heterocycles. The Kier molecular flexibility index (Phi) is 4.56. The van der Waals surface area contributed by atoms with Gasteiger partial charge in [0, 0.05) is 31.5 Å². The molecule has 0 spiro atoms. The van der Waals surface area contributed by atoms with Crippen LogP contribution in [-0.2, 0) is 13.6 Å². The van der Waals surface area contributed by atoms with Crippen molar-refractivity contribution in [3.63, 3.8) is 0 Å². The van der Waals surface area contributed by atoms with E-state index in [1.807, 2.05) is 37.5 Å². The Morgan fingerprint density at radius 1 is 1.25 bits per heavy atom. The van der Waals surface area contributed by atoms with E-state index in [0.29, 0.717) is 17.9 Å². The smallest absolute Gasteiger partial charge is 0.255 e. The third-order valence-electron chi connectivity index (χ3n) is 3.66. The summed E-state index contributed by atoms with van der Waals surface area (Å²) in [5, 5.41) is 7.09. The first-order valence-corrected chi connectivity index (χ1v) is 7.53. The van der Waals surface area contributed by atoms with E-state index in [0.717, 1.165) is 16.8 Å². The van der Waals surface area contributed by atoms with Crippen molar-refractivity contribution in [2.75, 3.05) is 7.11 Å². The predicted molar refractivity (Wildman–Crippen MR) is 90.6 cm³/mol. The van der Waals surface area contributed by atoms with E-state index in [1.54, 1.807) is 36.3 Å². The molecule has 0 radical (unpaired) electrons. The minimum Gasteiger partial charge on any atom is -0.496 e. The van der Waals surface area contributed by atoms with Gasteiger partial charge in [-0.05, 0) is 23.8 Å². The minimum atomic E-state index is -0.187. The summed E-state index contributed by atoms with van der Waals surface area (Å²) in [6.07, 6.45) is 5.38. The van der Waals surface area contributed by atoms with Crippen molar-refractivity contribution in [2.45, 2.75) is 6.54 Å². The highest BCUT2D eigenvalue weighted by Gasteiger charge is 2.13. The van der Waals surface area contributed by atoms with Crippen molar-refractivity contribution in [1.82, 2.24) is 20.1 Å². The molecule has 0 aliphatic carbocycles. The molecular formula is C18H18N4O2. The maximum Gasteiger partial charge on any atom is 0.255 e. The molecule has 0 aliphatic heterocycles. The first-order chi connectivity index (χ1) is 11.7. The van der Waals surface area contributed by atoms with Gasteiger partial charge < -0.3 is 10.1 Å². The Bertz CT molecular complexity index is 857. The van der Waals surface area contributed by atoms with E-state index in [4.69, 9.17) is 4.74 Å². The molecule has 0 aliphatic rings. The molecule has 122 valence electrons. The third kappa shape index (κ3) is 3.27. The van der Waals surface area contributed by atoms with Crippen LogP contribution in [0.15, 0.2) is 55.0 Å². The fourth-order valence-electron chi connectivity index (χ4n) is 2.49. The number of amides is 1. The molecule has 0 fully saturated rings. The molecule has 0 atom stereocenters. The molecule has 0 bridgehead atoms. The lowest BCUT2D eigenvalue weighted by Gasteiger charge is -2.11. The molecule has 6 heteroatoms. The van der Waals surface area contributed by atoms with Crippen molar-refractivity contribution >= 4 is 5.91 Å². The molecule has 2 aromatic heterocycles.